The molecule has 1 aliphatic rings. The topological polar surface area (TPSA) is 49.8 Å². The van der Waals surface area contributed by atoms with E-state index in [1.807, 2.05) is 31.2 Å². The molecule has 0 spiro atoms. The maximum absolute atomic E-state index is 12.3. The Kier molecular flexibility index (Phi) is 4.43. The summed E-state index contributed by atoms with van der Waals surface area (Å²) in [6.07, 6.45) is 1.31. The summed E-state index contributed by atoms with van der Waals surface area (Å²) in [6.45, 7) is 4.49. The normalized spacial score (nSPS) is 20.4. The molecule has 1 aromatic rings. The summed E-state index contributed by atoms with van der Waals surface area (Å²) in [7, 11) is 0. The van der Waals surface area contributed by atoms with Gasteiger partial charge in [-0.1, -0.05) is 12.1 Å². The minimum Gasteiger partial charge on any atom is -0.481 e. The Morgan fingerprint density at radius 3 is 3.05 bits per heavy atom. The molecular formula is C15H21NO3. The molecular weight excluding hydrogens is 242 g/mol. The Morgan fingerprint density at radius 2 is 2.37 bits per heavy atom. The average Bonchev–Trinajstić information content (AvgIpc) is 2.86. The fraction of sp³-hybridized carbons (Fsp3) is 0.533. The molecule has 1 saturated heterocycles. The summed E-state index contributed by atoms with van der Waals surface area (Å²) in [4.78, 5) is 14.0. The third-order valence-corrected chi connectivity index (χ3v) is 3.52. The summed E-state index contributed by atoms with van der Waals surface area (Å²) < 4.78 is 5.69. The number of hydrogen-bond acceptors (Lipinski definition) is 3. The molecule has 0 bridgehead atoms. The minimum atomic E-state index is -0.519. The highest BCUT2D eigenvalue weighted by Gasteiger charge is 2.31. The van der Waals surface area contributed by atoms with Crippen molar-refractivity contribution in [3.05, 3.63) is 29.8 Å². The van der Waals surface area contributed by atoms with Crippen molar-refractivity contribution in [2.75, 3.05) is 13.2 Å². The number of nitrogens with zero attached hydrogens (tertiary/aromatic N) is 1. The molecule has 104 valence electrons. The number of carbonyl (C=O) groups is 1. The minimum absolute atomic E-state index is 0.0307. The molecule has 0 aliphatic carbocycles. The number of benzene rings is 1. The van der Waals surface area contributed by atoms with Crippen LogP contribution in [0.2, 0.25) is 0 Å². The van der Waals surface area contributed by atoms with Crippen molar-refractivity contribution in [2.45, 2.75) is 38.8 Å². The van der Waals surface area contributed by atoms with Crippen molar-refractivity contribution in [1.29, 1.82) is 0 Å². The zero-order chi connectivity index (χ0) is 13.8. The number of aryl methyl sites for hydroxylation is 1. The Balaban J connectivity index is 1.99. The summed E-state index contributed by atoms with van der Waals surface area (Å²) >= 11 is 0. The molecule has 0 radical (unpaired) electrons. The van der Waals surface area contributed by atoms with E-state index in [1.54, 1.807) is 11.8 Å². The van der Waals surface area contributed by atoms with Gasteiger partial charge in [0, 0.05) is 6.54 Å². The van der Waals surface area contributed by atoms with Crippen LogP contribution >= 0.6 is 0 Å². The molecule has 1 aromatic carbocycles. The highest BCUT2D eigenvalue weighted by atomic mass is 16.5. The summed E-state index contributed by atoms with van der Waals surface area (Å²) in [5.74, 6) is 0.665. The second kappa shape index (κ2) is 6.06. The number of likely N-dealkylation sites (tertiary alicyclic amines) is 1. The lowest BCUT2D eigenvalue weighted by molar-refractivity contribution is -0.139. The van der Waals surface area contributed by atoms with Gasteiger partial charge in [0.2, 0.25) is 0 Å². The number of aliphatic hydroxyl groups is 1. The first-order valence-electron chi connectivity index (χ1n) is 6.76. The Hall–Kier alpha value is -1.55. The predicted octanol–water partition coefficient (Wildman–Crippen LogP) is 1.75. The second-order valence-electron chi connectivity index (χ2n) is 5.09. The van der Waals surface area contributed by atoms with Gasteiger partial charge in [-0.05, 0) is 44.4 Å². The first-order valence-corrected chi connectivity index (χ1v) is 6.76. The lowest BCUT2D eigenvalue weighted by Crippen LogP contribution is -2.44. The van der Waals surface area contributed by atoms with E-state index in [0.29, 0.717) is 12.3 Å². The van der Waals surface area contributed by atoms with Crippen LogP contribution in [0.4, 0.5) is 0 Å². The van der Waals surface area contributed by atoms with Crippen LogP contribution in [0.5, 0.6) is 5.75 Å². The highest BCUT2D eigenvalue weighted by Crippen LogP contribution is 2.20. The summed E-state index contributed by atoms with van der Waals surface area (Å²) in [5.41, 5.74) is 1.10. The quantitative estimate of drug-likeness (QED) is 0.900. The molecule has 4 heteroatoms. The van der Waals surface area contributed by atoms with Gasteiger partial charge >= 0.3 is 0 Å². The zero-order valence-electron chi connectivity index (χ0n) is 11.5. The highest BCUT2D eigenvalue weighted by molar-refractivity contribution is 5.81. The lowest BCUT2D eigenvalue weighted by Gasteiger charge is -2.26. The molecule has 1 heterocycles. The molecule has 2 atom stereocenters. The molecule has 2 rings (SSSR count). The number of hydrogen-bond donors (Lipinski definition) is 1. The van der Waals surface area contributed by atoms with E-state index in [1.165, 1.54) is 0 Å². The molecule has 0 saturated carbocycles. The van der Waals surface area contributed by atoms with Crippen LogP contribution < -0.4 is 4.74 Å². The lowest BCUT2D eigenvalue weighted by atomic mass is 10.2. The monoisotopic (exact) mass is 263 g/mol. The van der Waals surface area contributed by atoms with E-state index in [9.17, 15) is 9.90 Å². The Morgan fingerprint density at radius 1 is 1.58 bits per heavy atom. The fourth-order valence-corrected chi connectivity index (χ4v) is 2.49. The zero-order valence-corrected chi connectivity index (χ0v) is 11.5. The van der Waals surface area contributed by atoms with Crippen molar-refractivity contribution < 1.29 is 14.6 Å². The maximum atomic E-state index is 12.3. The molecule has 1 aliphatic heterocycles. The average molecular weight is 263 g/mol. The van der Waals surface area contributed by atoms with Crippen molar-refractivity contribution >= 4 is 5.91 Å². The van der Waals surface area contributed by atoms with Crippen molar-refractivity contribution in [2.24, 2.45) is 0 Å². The van der Waals surface area contributed by atoms with Crippen LogP contribution in [-0.4, -0.2) is 41.2 Å². The van der Waals surface area contributed by atoms with Crippen molar-refractivity contribution in [3.63, 3.8) is 0 Å². The third-order valence-electron chi connectivity index (χ3n) is 3.52. The first-order chi connectivity index (χ1) is 9.11. The number of amides is 1. The van der Waals surface area contributed by atoms with Crippen molar-refractivity contribution in [3.8, 4) is 5.75 Å². The van der Waals surface area contributed by atoms with Gasteiger partial charge in [-0.25, -0.2) is 0 Å². The molecule has 1 unspecified atom stereocenters. The third kappa shape index (κ3) is 3.26. The molecule has 0 aromatic heterocycles. The van der Waals surface area contributed by atoms with Crippen LogP contribution in [0.1, 0.15) is 25.3 Å². The molecule has 1 fully saturated rings. The van der Waals surface area contributed by atoms with E-state index in [-0.39, 0.29) is 18.6 Å². The van der Waals surface area contributed by atoms with E-state index < -0.39 is 6.10 Å². The van der Waals surface area contributed by atoms with Crippen LogP contribution in [0.25, 0.3) is 0 Å². The molecule has 19 heavy (non-hydrogen) atoms. The summed E-state index contributed by atoms with van der Waals surface area (Å²) in [6, 6.07) is 7.62. The number of ether oxygens (including phenoxy) is 1. The van der Waals surface area contributed by atoms with Crippen LogP contribution in [0.15, 0.2) is 24.3 Å². The maximum Gasteiger partial charge on any atom is 0.263 e. The van der Waals surface area contributed by atoms with Crippen molar-refractivity contribution in [1.82, 2.24) is 4.90 Å². The second-order valence-corrected chi connectivity index (χ2v) is 5.09. The van der Waals surface area contributed by atoms with Crippen LogP contribution in [-0.2, 0) is 4.79 Å². The standard InChI is InChI=1S/C15H21NO3/c1-11-5-3-7-14(9-11)19-12(2)15(18)16-8-4-6-13(16)10-17/h3,5,7,9,12-13,17H,4,6,8,10H2,1-2H3/t12?,13-/m1/s1. The molecule has 1 amide bonds. The smallest absolute Gasteiger partial charge is 0.263 e. The number of carbonyl (C=O) groups excluding carboxylic acids is 1. The largest absolute Gasteiger partial charge is 0.481 e. The Bertz CT molecular complexity index is 447. The van der Waals surface area contributed by atoms with Gasteiger partial charge in [-0.2, -0.15) is 0 Å². The van der Waals surface area contributed by atoms with E-state index in [0.717, 1.165) is 18.4 Å². The van der Waals surface area contributed by atoms with Gasteiger partial charge in [-0.3, -0.25) is 4.79 Å². The molecule has 1 N–H and O–H groups in total. The molecule has 4 nitrogen and oxygen atoms in total. The summed E-state index contributed by atoms with van der Waals surface area (Å²) in [5, 5.41) is 9.26. The predicted molar refractivity (Wildman–Crippen MR) is 73.1 cm³/mol. The SMILES string of the molecule is Cc1cccc(OC(C)C(=O)N2CCC[C@@H]2CO)c1. The van der Waals surface area contributed by atoms with E-state index >= 15 is 0 Å². The van der Waals surface area contributed by atoms with E-state index in [4.69, 9.17) is 4.74 Å². The van der Waals surface area contributed by atoms with Gasteiger partial charge in [0.15, 0.2) is 6.10 Å². The van der Waals surface area contributed by atoms with Gasteiger partial charge in [-0.15, -0.1) is 0 Å². The van der Waals surface area contributed by atoms with Gasteiger partial charge in [0.05, 0.1) is 12.6 Å². The van der Waals surface area contributed by atoms with Crippen LogP contribution in [0.3, 0.4) is 0 Å². The van der Waals surface area contributed by atoms with Crippen LogP contribution in [0, 0.1) is 6.92 Å². The number of aliphatic hydroxyl groups excluding tert-OH is 1. The number of rotatable bonds is 4. The van der Waals surface area contributed by atoms with Gasteiger partial charge in [0.25, 0.3) is 5.91 Å². The van der Waals surface area contributed by atoms with E-state index in [2.05, 4.69) is 0 Å². The Labute approximate surface area is 114 Å². The first kappa shape index (κ1) is 13.9. The van der Waals surface area contributed by atoms with Gasteiger partial charge < -0.3 is 14.7 Å². The fourth-order valence-electron chi connectivity index (χ4n) is 2.49. The van der Waals surface area contributed by atoms with Gasteiger partial charge in [0.1, 0.15) is 5.75 Å².